The average molecular weight is 545 g/mol. The SMILES string of the molecule is CCC(C)c1ccc(OCC(=O)Nc2ccc(S(=O)(=O)Nc3ccc(C)c(C)c3)cc2)c(Br)c1. The number of hydrogen-bond donors (Lipinski definition) is 2. The smallest absolute Gasteiger partial charge is 0.262 e. The lowest BCUT2D eigenvalue weighted by Gasteiger charge is -2.13. The molecule has 0 radical (unpaired) electrons. The van der Waals surface area contributed by atoms with E-state index in [1.165, 1.54) is 17.7 Å². The van der Waals surface area contributed by atoms with E-state index in [1.54, 1.807) is 24.3 Å². The van der Waals surface area contributed by atoms with Crippen molar-refractivity contribution in [3.05, 3.63) is 81.8 Å². The molecule has 0 bridgehead atoms. The second-order valence-electron chi connectivity index (χ2n) is 8.26. The zero-order valence-corrected chi connectivity index (χ0v) is 22.1. The summed E-state index contributed by atoms with van der Waals surface area (Å²) in [7, 11) is -3.74. The van der Waals surface area contributed by atoms with E-state index < -0.39 is 10.0 Å². The van der Waals surface area contributed by atoms with Crippen LogP contribution < -0.4 is 14.8 Å². The molecular weight excluding hydrogens is 516 g/mol. The Hall–Kier alpha value is -2.84. The molecule has 3 aromatic carbocycles. The van der Waals surface area contributed by atoms with Crippen molar-refractivity contribution in [3.8, 4) is 5.75 Å². The Morgan fingerprint density at radius 1 is 0.971 bits per heavy atom. The van der Waals surface area contributed by atoms with Crippen molar-refractivity contribution in [2.45, 2.75) is 44.9 Å². The van der Waals surface area contributed by atoms with E-state index >= 15 is 0 Å². The molecule has 6 nitrogen and oxygen atoms in total. The molecule has 1 atom stereocenters. The van der Waals surface area contributed by atoms with Crippen molar-refractivity contribution < 1.29 is 17.9 Å². The first-order valence-corrected chi connectivity index (χ1v) is 13.3. The number of rotatable bonds is 9. The lowest BCUT2D eigenvalue weighted by atomic mass is 9.99. The molecule has 0 spiro atoms. The third-order valence-electron chi connectivity index (χ3n) is 5.70. The van der Waals surface area contributed by atoms with Gasteiger partial charge >= 0.3 is 0 Å². The van der Waals surface area contributed by atoms with Gasteiger partial charge < -0.3 is 10.1 Å². The van der Waals surface area contributed by atoms with Crippen LogP contribution in [-0.4, -0.2) is 20.9 Å². The minimum absolute atomic E-state index is 0.102. The van der Waals surface area contributed by atoms with Crippen LogP contribution in [0, 0.1) is 13.8 Å². The molecule has 3 rings (SSSR count). The van der Waals surface area contributed by atoms with Crippen molar-refractivity contribution in [2.75, 3.05) is 16.6 Å². The van der Waals surface area contributed by atoms with Crippen LogP contribution in [0.25, 0.3) is 0 Å². The van der Waals surface area contributed by atoms with Gasteiger partial charge in [0.15, 0.2) is 6.61 Å². The summed E-state index contributed by atoms with van der Waals surface area (Å²) in [5, 5.41) is 2.72. The Morgan fingerprint density at radius 2 is 1.65 bits per heavy atom. The van der Waals surface area contributed by atoms with Crippen LogP contribution in [0.4, 0.5) is 11.4 Å². The fourth-order valence-electron chi connectivity index (χ4n) is 3.25. The number of nitrogens with one attached hydrogen (secondary N) is 2. The standard InChI is InChI=1S/C26H29BrN2O4S/c1-5-17(2)20-7-13-25(24(27)15-20)33-16-26(30)28-21-9-11-23(12-10-21)34(31,32)29-22-8-6-18(3)19(4)14-22/h6-15,17,29H,5,16H2,1-4H3,(H,28,30). The van der Waals surface area contributed by atoms with Crippen molar-refractivity contribution in [1.82, 2.24) is 0 Å². The number of carbonyl (C=O) groups excluding carboxylic acids is 1. The number of anilines is 2. The molecule has 0 fully saturated rings. The lowest BCUT2D eigenvalue weighted by molar-refractivity contribution is -0.118. The number of sulfonamides is 1. The molecule has 1 amide bonds. The highest BCUT2D eigenvalue weighted by Crippen LogP contribution is 2.30. The van der Waals surface area contributed by atoms with Crippen LogP contribution in [0.3, 0.4) is 0 Å². The first kappa shape index (κ1) is 25.8. The summed E-state index contributed by atoms with van der Waals surface area (Å²) >= 11 is 3.50. The van der Waals surface area contributed by atoms with Gasteiger partial charge in [-0.3, -0.25) is 9.52 Å². The summed E-state index contributed by atoms with van der Waals surface area (Å²) in [5.74, 6) is 0.680. The second-order valence-corrected chi connectivity index (χ2v) is 10.8. The van der Waals surface area contributed by atoms with Crippen molar-refractivity contribution in [1.29, 1.82) is 0 Å². The predicted octanol–water partition coefficient (Wildman–Crippen LogP) is 6.40. The van der Waals surface area contributed by atoms with Crippen molar-refractivity contribution in [2.24, 2.45) is 0 Å². The van der Waals surface area contributed by atoms with Gasteiger partial charge in [-0.05, 0) is 107 Å². The maximum absolute atomic E-state index is 12.7. The quantitative estimate of drug-likeness (QED) is 0.326. The molecule has 0 aliphatic heterocycles. The molecule has 180 valence electrons. The molecule has 0 saturated carbocycles. The number of carbonyl (C=O) groups is 1. The van der Waals surface area contributed by atoms with Crippen molar-refractivity contribution in [3.63, 3.8) is 0 Å². The fourth-order valence-corrected chi connectivity index (χ4v) is 4.81. The van der Waals surface area contributed by atoms with Gasteiger partial charge in [-0.25, -0.2) is 8.42 Å². The van der Waals surface area contributed by atoms with E-state index in [0.717, 1.165) is 22.0 Å². The molecule has 34 heavy (non-hydrogen) atoms. The minimum atomic E-state index is -3.74. The monoisotopic (exact) mass is 544 g/mol. The predicted molar refractivity (Wildman–Crippen MR) is 140 cm³/mol. The normalized spacial score (nSPS) is 12.1. The molecule has 8 heteroatoms. The molecule has 0 saturated heterocycles. The van der Waals surface area contributed by atoms with Gasteiger partial charge in [0, 0.05) is 11.4 Å². The third kappa shape index (κ3) is 6.61. The Bertz CT molecular complexity index is 1270. The van der Waals surface area contributed by atoms with Crippen LogP contribution in [0.15, 0.2) is 70.0 Å². The summed E-state index contributed by atoms with van der Waals surface area (Å²) in [6.07, 6.45) is 1.04. The third-order valence-corrected chi connectivity index (χ3v) is 7.72. The van der Waals surface area contributed by atoms with Gasteiger partial charge in [-0.15, -0.1) is 0 Å². The van der Waals surface area contributed by atoms with Crippen LogP contribution >= 0.6 is 15.9 Å². The van der Waals surface area contributed by atoms with E-state index in [4.69, 9.17) is 4.74 Å². The zero-order valence-electron chi connectivity index (χ0n) is 19.7. The van der Waals surface area contributed by atoms with Gasteiger partial charge in [0.05, 0.1) is 9.37 Å². The molecule has 0 aromatic heterocycles. The number of aryl methyl sites for hydroxylation is 2. The van der Waals surface area contributed by atoms with E-state index in [2.05, 4.69) is 39.8 Å². The lowest BCUT2D eigenvalue weighted by Crippen LogP contribution is -2.20. The highest BCUT2D eigenvalue weighted by molar-refractivity contribution is 9.10. The van der Waals surface area contributed by atoms with E-state index in [1.807, 2.05) is 38.1 Å². The number of hydrogen-bond acceptors (Lipinski definition) is 4. The largest absolute Gasteiger partial charge is 0.483 e. The molecule has 1 unspecified atom stereocenters. The fraction of sp³-hybridized carbons (Fsp3) is 0.269. The van der Waals surface area contributed by atoms with Crippen LogP contribution in [0.1, 0.15) is 42.9 Å². The number of amides is 1. The van der Waals surface area contributed by atoms with E-state index in [-0.39, 0.29) is 17.4 Å². The first-order chi connectivity index (χ1) is 16.1. The van der Waals surface area contributed by atoms with Crippen LogP contribution in [0.5, 0.6) is 5.75 Å². The van der Waals surface area contributed by atoms with Gasteiger partial charge in [0.2, 0.25) is 0 Å². The topological polar surface area (TPSA) is 84.5 Å². The molecule has 0 heterocycles. The van der Waals surface area contributed by atoms with Gasteiger partial charge in [0.1, 0.15) is 5.75 Å². The minimum Gasteiger partial charge on any atom is -0.483 e. The summed E-state index contributed by atoms with van der Waals surface area (Å²) in [5.41, 5.74) is 4.26. The highest BCUT2D eigenvalue weighted by Gasteiger charge is 2.15. The van der Waals surface area contributed by atoms with Crippen LogP contribution in [0.2, 0.25) is 0 Å². The first-order valence-electron chi connectivity index (χ1n) is 11.0. The summed E-state index contributed by atoms with van der Waals surface area (Å²) in [6, 6.07) is 17.2. The number of benzene rings is 3. The van der Waals surface area contributed by atoms with Crippen molar-refractivity contribution >= 4 is 43.2 Å². The van der Waals surface area contributed by atoms with Crippen LogP contribution in [-0.2, 0) is 14.8 Å². The number of halogens is 1. The summed E-state index contributed by atoms with van der Waals surface area (Å²) in [6.45, 7) is 8.02. The molecule has 0 aliphatic carbocycles. The second kappa shape index (κ2) is 11.1. The summed E-state index contributed by atoms with van der Waals surface area (Å²) < 4.78 is 34.4. The Balaban J connectivity index is 1.58. The molecule has 3 aromatic rings. The Kier molecular flexibility index (Phi) is 8.38. The highest BCUT2D eigenvalue weighted by atomic mass is 79.9. The van der Waals surface area contributed by atoms with Gasteiger partial charge in [-0.2, -0.15) is 0 Å². The average Bonchev–Trinajstić information content (AvgIpc) is 2.80. The van der Waals surface area contributed by atoms with E-state index in [0.29, 0.717) is 23.0 Å². The molecule has 0 aliphatic rings. The Labute approximate surface area is 209 Å². The maximum Gasteiger partial charge on any atom is 0.262 e. The van der Waals surface area contributed by atoms with Gasteiger partial charge in [0.25, 0.3) is 15.9 Å². The number of ether oxygens (including phenoxy) is 1. The van der Waals surface area contributed by atoms with E-state index in [9.17, 15) is 13.2 Å². The Morgan fingerprint density at radius 3 is 2.26 bits per heavy atom. The maximum atomic E-state index is 12.7. The summed E-state index contributed by atoms with van der Waals surface area (Å²) in [4.78, 5) is 12.4. The zero-order chi connectivity index (χ0) is 24.9. The molecule has 2 N–H and O–H groups in total. The van der Waals surface area contributed by atoms with Gasteiger partial charge in [-0.1, -0.05) is 26.0 Å². The molecular formula is C26H29BrN2O4S.